The van der Waals surface area contributed by atoms with Crippen molar-refractivity contribution in [1.29, 1.82) is 0 Å². The van der Waals surface area contributed by atoms with Crippen molar-refractivity contribution in [3.05, 3.63) is 24.0 Å². The fourth-order valence-corrected chi connectivity index (χ4v) is 5.09. The molecule has 1 heterocycles. The summed E-state index contributed by atoms with van der Waals surface area (Å²) in [5, 5.41) is 0. The Hall–Kier alpha value is -1.84. The number of ether oxygens (including phenoxy) is 1. The van der Waals surface area contributed by atoms with Crippen molar-refractivity contribution in [3.63, 3.8) is 0 Å². The predicted molar refractivity (Wildman–Crippen MR) is 83.6 cm³/mol. The highest BCUT2D eigenvalue weighted by molar-refractivity contribution is 7.92. The molecular formula is C16H17F4NO4S. The van der Waals surface area contributed by atoms with Gasteiger partial charge in [-0.2, -0.15) is 13.2 Å². The first kappa shape index (κ1) is 18.9. The molecule has 2 fully saturated rings. The lowest BCUT2D eigenvalue weighted by molar-refractivity contribution is -0.152. The fourth-order valence-electron chi connectivity index (χ4n) is 4.10. The molecule has 5 nitrogen and oxygen atoms in total. The third kappa shape index (κ3) is 2.74. The van der Waals surface area contributed by atoms with E-state index in [9.17, 15) is 30.8 Å². The minimum Gasteiger partial charge on any atom is -0.469 e. The summed E-state index contributed by atoms with van der Waals surface area (Å²) in [6.07, 6.45) is 1.99. The zero-order chi connectivity index (χ0) is 19.3. The van der Waals surface area contributed by atoms with Gasteiger partial charge in [-0.05, 0) is 37.0 Å². The molecule has 1 aromatic carbocycles. The molecular weight excluding hydrogens is 378 g/mol. The number of halogens is 4. The lowest BCUT2D eigenvalue weighted by Gasteiger charge is -2.27. The number of sulfone groups is 1. The molecule has 1 aliphatic heterocycles. The third-order valence-corrected chi connectivity index (χ3v) is 6.83. The molecule has 0 N–H and O–H groups in total. The van der Waals surface area contributed by atoms with Gasteiger partial charge in [0.15, 0.2) is 0 Å². The van der Waals surface area contributed by atoms with Gasteiger partial charge < -0.3 is 9.64 Å². The Balaban J connectivity index is 2.06. The average Bonchev–Trinajstić information content (AvgIpc) is 3.10. The SMILES string of the molecule is COC(=O)C12CCCC1CN(c1ccc(F)cc1S(=O)(=O)C(F)(F)F)C2. The molecule has 0 spiro atoms. The number of carbonyl (C=O) groups excluding carboxylic acids is 1. The molecule has 0 aromatic heterocycles. The number of carbonyl (C=O) groups is 1. The molecule has 2 atom stereocenters. The number of esters is 1. The van der Waals surface area contributed by atoms with Gasteiger partial charge in [0.25, 0.3) is 9.84 Å². The number of rotatable bonds is 3. The van der Waals surface area contributed by atoms with Crippen LogP contribution in [0.2, 0.25) is 0 Å². The van der Waals surface area contributed by atoms with Crippen LogP contribution in [0.3, 0.4) is 0 Å². The van der Waals surface area contributed by atoms with Gasteiger partial charge >= 0.3 is 11.5 Å². The van der Waals surface area contributed by atoms with Crippen LogP contribution in [0, 0.1) is 17.2 Å². The number of anilines is 1. The van der Waals surface area contributed by atoms with Crippen molar-refractivity contribution in [2.45, 2.75) is 29.7 Å². The Morgan fingerprint density at radius 1 is 1.35 bits per heavy atom. The maximum absolute atomic E-state index is 13.5. The van der Waals surface area contributed by atoms with E-state index in [1.165, 1.54) is 12.0 Å². The summed E-state index contributed by atoms with van der Waals surface area (Å²) in [6, 6.07) is 2.29. The van der Waals surface area contributed by atoms with Crippen LogP contribution < -0.4 is 4.90 Å². The minimum atomic E-state index is -5.73. The predicted octanol–water partition coefficient (Wildman–Crippen LogP) is 2.90. The summed E-state index contributed by atoms with van der Waals surface area (Å²) in [6.45, 7) is 0.247. The second kappa shape index (κ2) is 6.11. The van der Waals surface area contributed by atoms with Crippen molar-refractivity contribution < 1.29 is 35.5 Å². The molecule has 1 saturated heterocycles. The molecule has 26 heavy (non-hydrogen) atoms. The second-order valence-corrected chi connectivity index (χ2v) is 8.59. The first-order valence-corrected chi connectivity index (χ1v) is 9.45. The highest BCUT2D eigenvalue weighted by atomic mass is 32.2. The molecule has 1 aliphatic carbocycles. The van der Waals surface area contributed by atoms with Crippen LogP contribution in [-0.2, 0) is 19.4 Å². The number of alkyl halides is 3. The smallest absolute Gasteiger partial charge is 0.469 e. The fraction of sp³-hybridized carbons (Fsp3) is 0.562. The molecule has 144 valence electrons. The lowest BCUT2D eigenvalue weighted by atomic mass is 9.81. The molecule has 1 saturated carbocycles. The van der Waals surface area contributed by atoms with Gasteiger partial charge in [-0.1, -0.05) is 6.42 Å². The molecule has 0 radical (unpaired) electrons. The Morgan fingerprint density at radius 3 is 2.65 bits per heavy atom. The van der Waals surface area contributed by atoms with Crippen LogP contribution in [0.4, 0.5) is 23.2 Å². The Morgan fingerprint density at radius 2 is 2.04 bits per heavy atom. The van der Waals surface area contributed by atoms with Gasteiger partial charge in [-0.3, -0.25) is 4.79 Å². The number of hydrogen-bond acceptors (Lipinski definition) is 5. The van der Waals surface area contributed by atoms with Crippen molar-refractivity contribution in [1.82, 2.24) is 0 Å². The van der Waals surface area contributed by atoms with Gasteiger partial charge in [0, 0.05) is 13.1 Å². The van der Waals surface area contributed by atoms with Crippen molar-refractivity contribution in [2.75, 3.05) is 25.1 Å². The summed E-state index contributed by atoms with van der Waals surface area (Å²) in [7, 11) is -4.49. The molecule has 2 aliphatic rings. The van der Waals surface area contributed by atoms with Crippen LogP contribution in [0.5, 0.6) is 0 Å². The van der Waals surface area contributed by atoms with E-state index < -0.39 is 37.4 Å². The topological polar surface area (TPSA) is 63.7 Å². The summed E-state index contributed by atoms with van der Waals surface area (Å²) in [5.41, 5.74) is -6.67. The van der Waals surface area contributed by atoms with Crippen molar-refractivity contribution in [3.8, 4) is 0 Å². The molecule has 3 rings (SSSR count). The molecule has 0 amide bonds. The molecule has 10 heteroatoms. The highest BCUT2D eigenvalue weighted by Crippen LogP contribution is 2.51. The van der Waals surface area contributed by atoms with E-state index in [4.69, 9.17) is 4.74 Å². The first-order chi connectivity index (χ1) is 12.0. The lowest BCUT2D eigenvalue weighted by Crippen LogP contribution is -2.37. The maximum Gasteiger partial charge on any atom is 0.501 e. The summed E-state index contributed by atoms with van der Waals surface area (Å²) in [4.78, 5) is 12.6. The quantitative estimate of drug-likeness (QED) is 0.582. The minimum absolute atomic E-state index is 0.0380. The van der Waals surface area contributed by atoms with Crippen molar-refractivity contribution >= 4 is 21.5 Å². The molecule has 0 bridgehead atoms. The Kier molecular flexibility index (Phi) is 4.45. The number of fused-ring (bicyclic) bond motifs is 1. The number of benzene rings is 1. The maximum atomic E-state index is 13.5. The van der Waals surface area contributed by atoms with Gasteiger partial charge in [-0.15, -0.1) is 0 Å². The Labute approximate surface area is 147 Å². The third-order valence-electron chi connectivity index (χ3n) is 5.32. The van der Waals surface area contributed by atoms with Gasteiger partial charge in [-0.25, -0.2) is 12.8 Å². The van der Waals surface area contributed by atoms with E-state index in [0.29, 0.717) is 18.9 Å². The molecule has 1 aromatic rings. The largest absolute Gasteiger partial charge is 0.501 e. The van der Waals surface area contributed by atoms with Gasteiger partial charge in [0.05, 0.1) is 18.2 Å². The zero-order valence-electron chi connectivity index (χ0n) is 13.8. The monoisotopic (exact) mass is 395 g/mol. The van der Waals surface area contributed by atoms with E-state index in [1.54, 1.807) is 0 Å². The average molecular weight is 395 g/mol. The summed E-state index contributed by atoms with van der Waals surface area (Å²) in [5.74, 6) is -1.69. The highest BCUT2D eigenvalue weighted by Gasteiger charge is 2.56. The van der Waals surface area contributed by atoms with E-state index in [1.807, 2.05) is 0 Å². The van der Waals surface area contributed by atoms with E-state index in [2.05, 4.69) is 0 Å². The standard InChI is InChI=1S/C16H17F4NO4S/c1-25-14(22)15-6-2-3-10(15)8-21(9-15)12-5-4-11(17)7-13(12)26(23,24)16(18,19)20/h4-5,7,10H,2-3,6,8-9H2,1H3. The number of hydrogen-bond donors (Lipinski definition) is 0. The summed E-state index contributed by atoms with van der Waals surface area (Å²) >= 11 is 0. The van der Waals surface area contributed by atoms with E-state index in [-0.39, 0.29) is 24.7 Å². The van der Waals surface area contributed by atoms with E-state index in [0.717, 1.165) is 18.6 Å². The van der Waals surface area contributed by atoms with Crippen LogP contribution in [0.1, 0.15) is 19.3 Å². The molecule has 2 unspecified atom stereocenters. The van der Waals surface area contributed by atoms with E-state index >= 15 is 0 Å². The van der Waals surface area contributed by atoms with Crippen LogP contribution >= 0.6 is 0 Å². The van der Waals surface area contributed by atoms with Crippen LogP contribution in [-0.4, -0.2) is 40.1 Å². The normalized spacial score (nSPS) is 26.0. The zero-order valence-corrected chi connectivity index (χ0v) is 14.7. The van der Waals surface area contributed by atoms with Crippen molar-refractivity contribution in [2.24, 2.45) is 11.3 Å². The number of nitrogens with zero attached hydrogens (tertiary/aromatic N) is 1. The summed E-state index contributed by atoms with van der Waals surface area (Å²) < 4.78 is 81.2. The Bertz CT molecular complexity index is 839. The van der Waals surface area contributed by atoms with Crippen LogP contribution in [0.15, 0.2) is 23.1 Å². The number of methoxy groups -OCH3 is 1. The first-order valence-electron chi connectivity index (χ1n) is 7.97. The van der Waals surface area contributed by atoms with Gasteiger partial charge in [0.1, 0.15) is 10.7 Å². The van der Waals surface area contributed by atoms with Gasteiger partial charge in [0.2, 0.25) is 0 Å². The second-order valence-electron chi connectivity index (χ2n) is 6.68. The van der Waals surface area contributed by atoms with Crippen LogP contribution in [0.25, 0.3) is 0 Å².